The molecular weight excluding hydrogens is 407 g/mol. The Kier molecular flexibility index (Phi) is 4.48. The molecule has 5 nitrogen and oxygen atoms in total. The number of fused-ring (bicyclic) bond motifs is 2. The zero-order valence-electron chi connectivity index (χ0n) is 16.3. The fourth-order valence-corrected chi connectivity index (χ4v) is 4.38. The van der Waals surface area contributed by atoms with Crippen LogP contribution >= 0.6 is 0 Å². The number of benzene rings is 2. The lowest BCUT2D eigenvalue weighted by atomic mass is 9.91. The first-order chi connectivity index (χ1) is 14.8. The van der Waals surface area contributed by atoms with Crippen LogP contribution in [0.15, 0.2) is 53.6 Å². The Morgan fingerprint density at radius 1 is 1.10 bits per heavy atom. The summed E-state index contributed by atoms with van der Waals surface area (Å²) in [5, 5.41) is 15.6. The van der Waals surface area contributed by atoms with Gasteiger partial charge >= 0.3 is 6.18 Å². The van der Waals surface area contributed by atoms with Crippen LogP contribution in [0, 0.1) is 0 Å². The molecule has 0 aliphatic carbocycles. The summed E-state index contributed by atoms with van der Waals surface area (Å²) in [5.41, 5.74) is -0.542. The summed E-state index contributed by atoms with van der Waals surface area (Å²) in [7, 11) is 0. The quantitative estimate of drug-likeness (QED) is 0.441. The van der Waals surface area contributed by atoms with Gasteiger partial charge < -0.3 is 15.4 Å². The van der Waals surface area contributed by atoms with E-state index in [0.29, 0.717) is 36.0 Å². The number of aromatic nitrogens is 2. The number of nitrogens with zero attached hydrogens (tertiary/aromatic N) is 1. The van der Waals surface area contributed by atoms with Crippen LogP contribution in [0.2, 0.25) is 0 Å². The van der Waals surface area contributed by atoms with Gasteiger partial charge in [-0.05, 0) is 42.0 Å². The van der Waals surface area contributed by atoms with E-state index in [-0.39, 0.29) is 22.4 Å². The molecule has 0 amide bonds. The van der Waals surface area contributed by atoms with Gasteiger partial charge in [0, 0.05) is 35.3 Å². The minimum atomic E-state index is -4.58. The average molecular weight is 425 g/mol. The smallest absolute Gasteiger partial charge is 0.416 e. The Hall–Kier alpha value is -3.39. The first-order valence-electron chi connectivity index (χ1n) is 9.88. The zero-order valence-corrected chi connectivity index (χ0v) is 16.3. The molecule has 158 valence electrons. The Balaban J connectivity index is 1.85. The van der Waals surface area contributed by atoms with E-state index in [2.05, 4.69) is 15.3 Å². The van der Waals surface area contributed by atoms with E-state index in [4.69, 9.17) is 0 Å². The number of rotatable bonds is 2. The van der Waals surface area contributed by atoms with Crippen LogP contribution in [0.5, 0.6) is 5.75 Å². The van der Waals surface area contributed by atoms with Crippen molar-refractivity contribution in [3.05, 3.63) is 70.3 Å². The van der Waals surface area contributed by atoms with Gasteiger partial charge in [-0.2, -0.15) is 13.2 Å². The van der Waals surface area contributed by atoms with E-state index >= 15 is 0 Å². The van der Waals surface area contributed by atoms with E-state index < -0.39 is 23.0 Å². The van der Waals surface area contributed by atoms with E-state index in [0.717, 1.165) is 17.5 Å². The molecule has 5 rings (SSSR count). The predicted molar refractivity (Wildman–Crippen MR) is 112 cm³/mol. The van der Waals surface area contributed by atoms with E-state index in [1.807, 2.05) is 12.1 Å². The molecule has 3 N–H and O–H groups in total. The SMILES string of the molecule is O=c1[nH]c2c([C@@H]3CCNC3)cc(C(F)(F)F)cc2c(O)c1-c1cncc2ccccc12. The summed E-state index contributed by atoms with van der Waals surface area (Å²) in [6, 6.07) is 9.16. The number of aromatic hydroxyl groups is 1. The second-order valence-electron chi connectivity index (χ2n) is 7.76. The van der Waals surface area contributed by atoms with Gasteiger partial charge in [0.05, 0.1) is 16.6 Å². The highest BCUT2D eigenvalue weighted by molar-refractivity contribution is 6.01. The lowest BCUT2D eigenvalue weighted by molar-refractivity contribution is -0.137. The van der Waals surface area contributed by atoms with Gasteiger partial charge in [-0.3, -0.25) is 9.78 Å². The first kappa shape index (κ1) is 19.6. The van der Waals surface area contributed by atoms with Gasteiger partial charge in [0.15, 0.2) is 0 Å². The molecule has 8 heteroatoms. The maximum atomic E-state index is 13.6. The van der Waals surface area contributed by atoms with Crippen molar-refractivity contribution in [2.75, 3.05) is 13.1 Å². The van der Waals surface area contributed by atoms with Gasteiger partial charge in [0.1, 0.15) is 5.75 Å². The summed E-state index contributed by atoms with van der Waals surface area (Å²) < 4.78 is 40.9. The van der Waals surface area contributed by atoms with Crippen LogP contribution in [0.1, 0.15) is 23.5 Å². The fourth-order valence-electron chi connectivity index (χ4n) is 4.38. The van der Waals surface area contributed by atoms with Crippen molar-refractivity contribution in [1.29, 1.82) is 0 Å². The number of hydrogen-bond donors (Lipinski definition) is 3. The average Bonchev–Trinajstić information content (AvgIpc) is 3.27. The Morgan fingerprint density at radius 2 is 1.90 bits per heavy atom. The zero-order chi connectivity index (χ0) is 21.8. The molecule has 1 aliphatic rings. The maximum absolute atomic E-state index is 13.6. The third kappa shape index (κ3) is 3.23. The normalized spacial score (nSPS) is 16.9. The number of pyridine rings is 2. The molecule has 1 saturated heterocycles. The van der Waals surface area contributed by atoms with Gasteiger partial charge in [-0.15, -0.1) is 0 Å². The summed E-state index contributed by atoms with van der Waals surface area (Å²) in [6.07, 6.45) is -0.876. The standard InChI is InChI=1S/C23H18F3N3O2/c24-23(25,26)14-7-16(13-5-6-27-9-13)20-17(8-14)21(30)19(22(31)29-20)18-11-28-10-12-3-1-2-4-15(12)18/h1-4,7-8,10-11,13,27H,5-6,9H2,(H2,29,30,31)/t13-/m1/s1. The Labute approximate surface area is 174 Å². The number of H-pyrrole nitrogens is 1. The van der Waals surface area contributed by atoms with Crippen molar-refractivity contribution >= 4 is 21.7 Å². The van der Waals surface area contributed by atoms with Crippen molar-refractivity contribution in [2.45, 2.75) is 18.5 Å². The van der Waals surface area contributed by atoms with Crippen LogP contribution < -0.4 is 10.9 Å². The number of hydrogen-bond acceptors (Lipinski definition) is 4. The van der Waals surface area contributed by atoms with Crippen LogP contribution in [0.4, 0.5) is 13.2 Å². The number of nitrogens with one attached hydrogen (secondary N) is 2. The number of alkyl halides is 3. The summed E-state index contributed by atoms with van der Waals surface area (Å²) in [6.45, 7) is 1.19. The van der Waals surface area contributed by atoms with Crippen LogP contribution in [0.25, 0.3) is 32.8 Å². The van der Waals surface area contributed by atoms with Gasteiger partial charge in [-0.1, -0.05) is 24.3 Å². The Bertz CT molecular complexity index is 1370. The predicted octanol–water partition coefficient (Wildman–Crippen LogP) is 4.54. The maximum Gasteiger partial charge on any atom is 0.416 e. The molecular formula is C23H18F3N3O2. The van der Waals surface area contributed by atoms with E-state index in [9.17, 15) is 23.1 Å². The molecule has 0 spiro atoms. The van der Waals surface area contributed by atoms with Gasteiger partial charge in [-0.25, -0.2) is 0 Å². The van der Waals surface area contributed by atoms with Crippen LogP contribution in [0.3, 0.4) is 0 Å². The monoisotopic (exact) mass is 425 g/mol. The number of aromatic amines is 1. The summed E-state index contributed by atoms with van der Waals surface area (Å²) >= 11 is 0. The lowest BCUT2D eigenvalue weighted by Crippen LogP contribution is -2.15. The van der Waals surface area contributed by atoms with Crippen LogP contribution in [-0.2, 0) is 6.18 Å². The third-order valence-corrected chi connectivity index (χ3v) is 5.89. The molecule has 1 fully saturated rings. The van der Waals surface area contributed by atoms with Crippen molar-refractivity contribution in [3.8, 4) is 16.9 Å². The topological polar surface area (TPSA) is 78.0 Å². The minimum absolute atomic E-state index is 0.0285. The molecule has 2 aromatic carbocycles. The summed E-state index contributed by atoms with van der Waals surface area (Å²) in [4.78, 5) is 20.0. The third-order valence-electron chi connectivity index (χ3n) is 5.89. The van der Waals surface area contributed by atoms with Crippen molar-refractivity contribution in [2.24, 2.45) is 0 Å². The van der Waals surface area contributed by atoms with Crippen molar-refractivity contribution in [1.82, 2.24) is 15.3 Å². The highest BCUT2D eigenvalue weighted by Crippen LogP contribution is 2.41. The molecule has 1 atom stereocenters. The molecule has 0 saturated carbocycles. The van der Waals surface area contributed by atoms with Gasteiger partial charge in [0.25, 0.3) is 5.56 Å². The Morgan fingerprint density at radius 3 is 2.65 bits per heavy atom. The van der Waals surface area contributed by atoms with Gasteiger partial charge in [0.2, 0.25) is 0 Å². The minimum Gasteiger partial charge on any atom is -0.506 e. The number of halogens is 3. The molecule has 1 aliphatic heterocycles. The van der Waals surface area contributed by atoms with E-state index in [1.165, 1.54) is 6.20 Å². The molecule has 0 radical (unpaired) electrons. The molecule has 2 aromatic heterocycles. The second-order valence-corrected chi connectivity index (χ2v) is 7.76. The van der Waals surface area contributed by atoms with Crippen molar-refractivity contribution < 1.29 is 18.3 Å². The molecule has 3 heterocycles. The lowest BCUT2D eigenvalue weighted by Gasteiger charge is -2.18. The van der Waals surface area contributed by atoms with E-state index in [1.54, 1.807) is 18.3 Å². The van der Waals surface area contributed by atoms with Crippen molar-refractivity contribution in [3.63, 3.8) is 0 Å². The summed E-state index contributed by atoms with van der Waals surface area (Å²) in [5.74, 6) is -0.667. The molecule has 4 aromatic rings. The second kappa shape index (κ2) is 7.09. The fraction of sp³-hybridized carbons (Fsp3) is 0.217. The largest absolute Gasteiger partial charge is 0.506 e. The molecule has 0 bridgehead atoms. The molecule has 31 heavy (non-hydrogen) atoms. The first-order valence-corrected chi connectivity index (χ1v) is 9.88. The highest BCUT2D eigenvalue weighted by atomic mass is 19.4. The molecule has 0 unspecified atom stereocenters. The van der Waals surface area contributed by atoms with Crippen LogP contribution in [-0.4, -0.2) is 28.2 Å². The highest BCUT2D eigenvalue weighted by Gasteiger charge is 2.34.